The van der Waals surface area contributed by atoms with Gasteiger partial charge in [0, 0.05) is 13.1 Å². The van der Waals surface area contributed by atoms with E-state index in [4.69, 9.17) is 9.47 Å². The lowest BCUT2D eigenvalue weighted by molar-refractivity contribution is 0.258. The van der Waals surface area contributed by atoms with Crippen molar-refractivity contribution in [2.24, 2.45) is 0 Å². The Hall–Kier alpha value is -1.56. The van der Waals surface area contributed by atoms with E-state index in [0.717, 1.165) is 19.5 Å². The van der Waals surface area contributed by atoms with Gasteiger partial charge in [-0.15, -0.1) is 0 Å². The smallest absolute Gasteiger partial charge is 0.262 e. The van der Waals surface area contributed by atoms with Gasteiger partial charge in [-0.3, -0.25) is 0 Å². The van der Waals surface area contributed by atoms with Crippen molar-refractivity contribution in [2.45, 2.75) is 13.3 Å². The summed E-state index contributed by atoms with van der Waals surface area (Å²) in [4.78, 5) is 10.3. The summed E-state index contributed by atoms with van der Waals surface area (Å²) >= 11 is 0. The fraction of sp³-hybridized carbons (Fsp3) is 0.667. The van der Waals surface area contributed by atoms with Crippen molar-refractivity contribution >= 4 is 5.82 Å². The summed E-state index contributed by atoms with van der Waals surface area (Å²) in [5.74, 6) is 1.71. The van der Waals surface area contributed by atoms with Crippen LogP contribution in [0, 0.1) is 0 Å². The van der Waals surface area contributed by atoms with Crippen LogP contribution in [0.5, 0.6) is 11.6 Å². The van der Waals surface area contributed by atoms with Gasteiger partial charge >= 0.3 is 0 Å². The fourth-order valence-electron chi connectivity index (χ4n) is 1.49. The molecule has 6 nitrogen and oxygen atoms in total. The maximum Gasteiger partial charge on any atom is 0.262 e. The molecule has 0 unspecified atom stereocenters. The van der Waals surface area contributed by atoms with E-state index in [9.17, 15) is 0 Å². The molecule has 0 aliphatic heterocycles. The number of ether oxygens (including phenoxy) is 2. The summed E-state index contributed by atoms with van der Waals surface area (Å²) in [6.45, 7) is 4.36. The highest BCUT2D eigenvalue weighted by molar-refractivity contribution is 5.54. The summed E-state index contributed by atoms with van der Waals surface area (Å²) in [5.41, 5.74) is 0. The molecule has 0 fully saturated rings. The van der Waals surface area contributed by atoms with Gasteiger partial charge in [-0.1, -0.05) is 0 Å². The second kappa shape index (κ2) is 7.71. The second-order valence-electron chi connectivity index (χ2n) is 4.10. The Bertz CT molecular complexity index is 358. The minimum atomic E-state index is 0.488. The molecule has 0 saturated carbocycles. The molecule has 18 heavy (non-hydrogen) atoms. The third-order valence-electron chi connectivity index (χ3n) is 2.31. The van der Waals surface area contributed by atoms with Crippen LogP contribution in [0.15, 0.2) is 6.33 Å². The van der Waals surface area contributed by atoms with E-state index in [1.54, 1.807) is 7.11 Å². The van der Waals surface area contributed by atoms with Gasteiger partial charge in [-0.25, -0.2) is 4.98 Å². The maximum atomic E-state index is 5.62. The highest BCUT2D eigenvalue weighted by Crippen LogP contribution is 2.30. The van der Waals surface area contributed by atoms with Gasteiger partial charge in [-0.05, 0) is 27.4 Å². The highest BCUT2D eigenvalue weighted by atomic mass is 16.5. The lowest BCUT2D eigenvalue weighted by Gasteiger charge is -2.13. The lowest BCUT2D eigenvalue weighted by Crippen LogP contribution is -2.16. The molecule has 1 aromatic rings. The number of anilines is 1. The van der Waals surface area contributed by atoms with Gasteiger partial charge in [0.2, 0.25) is 5.75 Å². The van der Waals surface area contributed by atoms with Gasteiger partial charge in [-0.2, -0.15) is 4.98 Å². The van der Waals surface area contributed by atoms with Crippen molar-refractivity contribution in [1.82, 2.24) is 14.9 Å². The Balaban J connectivity index is 2.61. The van der Waals surface area contributed by atoms with Crippen molar-refractivity contribution in [2.75, 3.05) is 46.2 Å². The summed E-state index contributed by atoms with van der Waals surface area (Å²) < 4.78 is 10.9. The minimum absolute atomic E-state index is 0.488. The SMILES string of the molecule is CCNc1ncnc(OCCCN(C)C)c1OC. The first-order chi connectivity index (χ1) is 8.69. The molecule has 0 aliphatic carbocycles. The van der Waals surface area contributed by atoms with Crippen LogP contribution in [0.4, 0.5) is 5.82 Å². The first-order valence-corrected chi connectivity index (χ1v) is 6.09. The number of aromatic nitrogens is 2. The monoisotopic (exact) mass is 254 g/mol. The number of methoxy groups -OCH3 is 1. The Morgan fingerprint density at radius 3 is 2.72 bits per heavy atom. The molecule has 0 saturated heterocycles. The van der Waals surface area contributed by atoms with Crippen LogP contribution in [-0.4, -0.2) is 55.8 Å². The van der Waals surface area contributed by atoms with Crippen LogP contribution in [-0.2, 0) is 0 Å². The zero-order chi connectivity index (χ0) is 13.4. The molecule has 6 heteroatoms. The van der Waals surface area contributed by atoms with E-state index in [2.05, 4.69) is 20.2 Å². The Kier molecular flexibility index (Phi) is 6.21. The molecule has 1 rings (SSSR count). The molecule has 1 aromatic heterocycles. The lowest BCUT2D eigenvalue weighted by atomic mass is 10.4. The van der Waals surface area contributed by atoms with E-state index in [0.29, 0.717) is 24.1 Å². The average Bonchev–Trinajstić information content (AvgIpc) is 2.35. The molecule has 0 amide bonds. The van der Waals surface area contributed by atoms with Crippen molar-refractivity contribution < 1.29 is 9.47 Å². The molecule has 0 radical (unpaired) electrons. The zero-order valence-corrected chi connectivity index (χ0v) is 11.6. The first-order valence-electron chi connectivity index (χ1n) is 6.09. The van der Waals surface area contributed by atoms with Crippen molar-refractivity contribution in [3.8, 4) is 11.6 Å². The number of nitrogens with zero attached hydrogens (tertiary/aromatic N) is 3. The fourth-order valence-corrected chi connectivity index (χ4v) is 1.49. The minimum Gasteiger partial charge on any atom is -0.489 e. The van der Waals surface area contributed by atoms with E-state index >= 15 is 0 Å². The van der Waals surface area contributed by atoms with Crippen molar-refractivity contribution in [1.29, 1.82) is 0 Å². The van der Waals surface area contributed by atoms with Crippen LogP contribution in [0.3, 0.4) is 0 Å². The van der Waals surface area contributed by atoms with E-state index < -0.39 is 0 Å². The molecule has 0 atom stereocenters. The largest absolute Gasteiger partial charge is 0.489 e. The average molecular weight is 254 g/mol. The summed E-state index contributed by atoms with van der Waals surface area (Å²) in [5, 5.41) is 3.11. The number of rotatable bonds is 8. The topological polar surface area (TPSA) is 59.5 Å². The van der Waals surface area contributed by atoms with Crippen LogP contribution in [0.2, 0.25) is 0 Å². The van der Waals surface area contributed by atoms with Crippen LogP contribution in [0.25, 0.3) is 0 Å². The second-order valence-corrected chi connectivity index (χ2v) is 4.10. The molecular weight excluding hydrogens is 232 g/mol. The third-order valence-corrected chi connectivity index (χ3v) is 2.31. The molecule has 0 aromatic carbocycles. The molecule has 1 heterocycles. The Morgan fingerprint density at radius 2 is 2.11 bits per heavy atom. The van der Waals surface area contributed by atoms with Crippen LogP contribution >= 0.6 is 0 Å². The predicted octanol–water partition coefficient (Wildman–Crippen LogP) is 1.25. The normalized spacial score (nSPS) is 10.5. The van der Waals surface area contributed by atoms with Gasteiger partial charge in [0.05, 0.1) is 13.7 Å². The van der Waals surface area contributed by atoms with Gasteiger partial charge in [0.1, 0.15) is 6.33 Å². The number of hydrogen-bond donors (Lipinski definition) is 1. The van der Waals surface area contributed by atoms with Crippen molar-refractivity contribution in [3.63, 3.8) is 0 Å². The Labute approximate surface area is 108 Å². The van der Waals surface area contributed by atoms with Crippen LogP contribution in [0.1, 0.15) is 13.3 Å². The molecule has 102 valence electrons. The van der Waals surface area contributed by atoms with Crippen molar-refractivity contribution in [3.05, 3.63) is 6.33 Å². The Morgan fingerprint density at radius 1 is 1.33 bits per heavy atom. The van der Waals surface area contributed by atoms with E-state index in [1.165, 1.54) is 6.33 Å². The molecule has 0 aliphatic rings. The molecule has 0 bridgehead atoms. The summed E-state index contributed by atoms with van der Waals surface area (Å²) in [7, 11) is 5.66. The molecule has 1 N–H and O–H groups in total. The van der Waals surface area contributed by atoms with Gasteiger partial charge < -0.3 is 19.7 Å². The van der Waals surface area contributed by atoms with E-state index in [1.807, 2.05) is 21.0 Å². The summed E-state index contributed by atoms with van der Waals surface area (Å²) in [6, 6.07) is 0. The zero-order valence-electron chi connectivity index (χ0n) is 11.6. The molecular formula is C12H22N4O2. The van der Waals surface area contributed by atoms with E-state index in [-0.39, 0.29) is 0 Å². The van der Waals surface area contributed by atoms with Gasteiger partial charge in [0.15, 0.2) is 5.82 Å². The predicted molar refractivity (Wildman–Crippen MR) is 71.4 cm³/mol. The van der Waals surface area contributed by atoms with Crippen LogP contribution < -0.4 is 14.8 Å². The maximum absolute atomic E-state index is 5.62. The molecule has 0 spiro atoms. The highest BCUT2D eigenvalue weighted by Gasteiger charge is 2.12. The number of hydrogen-bond acceptors (Lipinski definition) is 6. The third kappa shape index (κ3) is 4.37. The summed E-state index contributed by atoms with van der Waals surface area (Å²) in [6.07, 6.45) is 2.42. The van der Waals surface area contributed by atoms with Gasteiger partial charge in [0.25, 0.3) is 5.88 Å². The first kappa shape index (κ1) is 14.5. The number of nitrogens with one attached hydrogen (secondary N) is 1. The standard InChI is InChI=1S/C12H22N4O2/c1-5-13-11-10(17-4)12(15-9-14-11)18-8-6-7-16(2)3/h9H,5-8H2,1-4H3,(H,13,14,15). The quantitative estimate of drug-likeness (QED) is 0.705.